The molecule has 5 heteroatoms. The molecule has 0 aliphatic rings. The van der Waals surface area contributed by atoms with Crippen molar-refractivity contribution in [2.45, 2.75) is 0 Å². The molecule has 4 aromatic rings. The van der Waals surface area contributed by atoms with Crippen LogP contribution >= 0.6 is 11.3 Å². The van der Waals surface area contributed by atoms with Crippen LogP contribution in [0.5, 0.6) is 11.5 Å². The Bertz CT molecular complexity index is 1250. The third-order valence-corrected chi connectivity index (χ3v) is 5.76. The van der Waals surface area contributed by atoms with Crippen LogP contribution in [0.1, 0.15) is 10.6 Å². The molecule has 0 amide bonds. The van der Waals surface area contributed by atoms with Crippen molar-refractivity contribution < 1.29 is 9.47 Å². The summed E-state index contributed by atoms with van der Waals surface area (Å²) in [5.74, 6) is 1.34. The van der Waals surface area contributed by atoms with Crippen molar-refractivity contribution in [1.29, 1.82) is 5.26 Å². The van der Waals surface area contributed by atoms with Gasteiger partial charge in [-0.2, -0.15) is 5.26 Å². The number of rotatable bonds is 6. The maximum atomic E-state index is 9.73. The van der Waals surface area contributed by atoms with Gasteiger partial charge in [0.05, 0.1) is 25.5 Å². The first-order chi connectivity index (χ1) is 15.2. The van der Waals surface area contributed by atoms with Gasteiger partial charge in [-0.25, -0.2) is 4.98 Å². The molecule has 0 bridgehead atoms. The van der Waals surface area contributed by atoms with E-state index in [0.717, 1.165) is 22.4 Å². The summed E-state index contributed by atoms with van der Waals surface area (Å²) in [6.07, 6.45) is 1.79. The quantitative estimate of drug-likeness (QED) is 0.329. The van der Waals surface area contributed by atoms with Crippen LogP contribution in [-0.2, 0) is 0 Å². The SMILES string of the molecule is COc1ccc(C=C(C#N)c2nc(-c3ccc(-c4ccccc4)cc3)cs2)c(OC)c1. The average Bonchev–Trinajstić information content (AvgIpc) is 3.33. The van der Waals surface area contributed by atoms with Gasteiger partial charge in [0.1, 0.15) is 22.6 Å². The maximum Gasteiger partial charge on any atom is 0.134 e. The number of hydrogen-bond acceptors (Lipinski definition) is 5. The number of allylic oxidation sites excluding steroid dienone is 1. The summed E-state index contributed by atoms with van der Waals surface area (Å²) in [6, 6.07) is 26.3. The second-order valence-electron chi connectivity index (χ2n) is 6.76. The van der Waals surface area contributed by atoms with Crippen molar-refractivity contribution in [3.8, 4) is 40.0 Å². The van der Waals surface area contributed by atoms with Crippen molar-refractivity contribution in [1.82, 2.24) is 4.98 Å². The molecule has 0 saturated heterocycles. The zero-order valence-electron chi connectivity index (χ0n) is 17.2. The molecule has 31 heavy (non-hydrogen) atoms. The molecule has 3 aromatic carbocycles. The number of thiazole rings is 1. The van der Waals surface area contributed by atoms with Crippen molar-refractivity contribution in [3.05, 3.63) is 88.7 Å². The Hall–Kier alpha value is -3.88. The van der Waals surface area contributed by atoms with Crippen LogP contribution < -0.4 is 9.47 Å². The Morgan fingerprint density at radius 3 is 2.29 bits per heavy atom. The second kappa shape index (κ2) is 9.29. The first-order valence-corrected chi connectivity index (χ1v) is 10.6. The molecule has 0 N–H and O–H groups in total. The second-order valence-corrected chi connectivity index (χ2v) is 7.62. The fraction of sp³-hybridized carbons (Fsp3) is 0.0769. The van der Waals surface area contributed by atoms with Crippen LogP contribution in [0.2, 0.25) is 0 Å². The standard InChI is InChI=1S/C26H20N2O2S/c1-29-23-13-12-21(25(15-23)30-2)14-22(16-27)26-28-24(17-31-26)20-10-8-19(9-11-20)18-6-4-3-5-7-18/h3-15,17H,1-2H3. The average molecular weight is 425 g/mol. The molecule has 0 saturated carbocycles. The van der Waals surface area contributed by atoms with Crippen molar-refractivity contribution in [2.75, 3.05) is 14.2 Å². The molecule has 1 aromatic heterocycles. The minimum absolute atomic E-state index is 0.487. The largest absolute Gasteiger partial charge is 0.497 e. The molecule has 0 atom stereocenters. The first-order valence-electron chi connectivity index (χ1n) is 9.67. The van der Waals surface area contributed by atoms with Gasteiger partial charge in [-0.3, -0.25) is 0 Å². The number of nitriles is 1. The summed E-state index contributed by atoms with van der Waals surface area (Å²) in [6.45, 7) is 0. The molecule has 4 nitrogen and oxygen atoms in total. The summed E-state index contributed by atoms with van der Waals surface area (Å²) in [7, 11) is 3.20. The highest BCUT2D eigenvalue weighted by molar-refractivity contribution is 7.11. The molecule has 0 spiro atoms. The van der Waals surface area contributed by atoms with E-state index >= 15 is 0 Å². The van der Waals surface area contributed by atoms with E-state index in [4.69, 9.17) is 14.5 Å². The summed E-state index contributed by atoms with van der Waals surface area (Å²) < 4.78 is 10.7. The van der Waals surface area contributed by atoms with Crippen LogP contribution in [0.15, 0.2) is 78.2 Å². The molecule has 4 rings (SSSR count). The fourth-order valence-corrected chi connectivity index (χ4v) is 4.02. The maximum absolute atomic E-state index is 9.73. The Morgan fingerprint density at radius 1 is 0.903 bits per heavy atom. The van der Waals surface area contributed by atoms with Gasteiger partial charge in [0.25, 0.3) is 0 Å². The molecule has 0 fully saturated rings. The third kappa shape index (κ3) is 4.50. The summed E-state index contributed by atoms with van der Waals surface area (Å²) >= 11 is 1.45. The van der Waals surface area contributed by atoms with Gasteiger partial charge in [-0.15, -0.1) is 11.3 Å². The number of nitrogens with zero attached hydrogens (tertiary/aromatic N) is 2. The van der Waals surface area contributed by atoms with Gasteiger partial charge >= 0.3 is 0 Å². The van der Waals surface area contributed by atoms with E-state index in [2.05, 4.69) is 42.5 Å². The lowest BCUT2D eigenvalue weighted by Gasteiger charge is -2.07. The summed E-state index contributed by atoms with van der Waals surface area (Å²) in [5, 5.41) is 12.4. The van der Waals surface area contributed by atoms with Gasteiger partial charge in [0.15, 0.2) is 0 Å². The minimum atomic E-state index is 0.487. The van der Waals surface area contributed by atoms with Crippen LogP contribution in [0.3, 0.4) is 0 Å². The van der Waals surface area contributed by atoms with Gasteiger partial charge in [0.2, 0.25) is 0 Å². The molecule has 0 unspecified atom stereocenters. The Balaban J connectivity index is 1.62. The van der Waals surface area contributed by atoms with Crippen LogP contribution in [0, 0.1) is 11.3 Å². The van der Waals surface area contributed by atoms with Crippen molar-refractivity contribution in [2.24, 2.45) is 0 Å². The predicted molar refractivity (Wildman–Crippen MR) is 126 cm³/mol. The molecule has 0 aliphatic carbocycles. The smallest absolute Gasteiger partial charge is 0.134 e. The fourth-order valence-electron chi connectivity index (χ4n) is 3.23. The zero-order valence-corrected chi connectivity index (χ0v) is 18.0. The molecular weight excluding hydrogens is 404 g/mol. The Morgan fingerprint density at radius 2 is 1.61 bits per heavy atom. The highest BCUT2D eigenvalue weighted by atomic mass is 32.1. The molecule has 152 valence electrons. The van der Waals surface area contributed by atoms with Gasteiger partial charge in [0, 0.05) is 22.6 Å². The Labute approximate surface area is 185 Å². The van der Waals surface area contributed by atoms with Crippen LogP contribution in [0.4, 0.5) is 0 Å². The number of methoxy groups -OCH3 is 2. The van der Waals surface area contributed by atoms with E-state index in [1.165, 1.54) is 16.9 Å². The molecular formula is C26H20N2O2S. The summed E-state index contributed by atoms with van der Waals surface area (Å²) in [4.78, 5) is 4.70. The van der Waals surface area contributed by atoms with E-state index in [1.807, 2.05) is 35.7 Å². The van der Waals surface area contributed by atoms with Crippen molar-refractivity contribution >= 4 is 23.0 Å². The number of aromatic nitrogens is 1. The van der Waals surface area contributed by atoms with E-state index < -0.39 is 0 Å². The predicted octanol–water partition coefficient (Wildman–Crippen LogP) is 6.56. The summed E-state index contributed by atoms with van der Waals surface area (Å²) in [5.41, 5.74) is 5.48. The Kier molecular flexibility index (Phi) is 6.11. The normalized spacial score (nSPS) is 11.1. The number of ether oxygens (including phenoxy) is 2. The highest BCUT2D eigenvalue weighted by Crippen LogP contribution is 2.31. The van der Waals surface area contributed by atoms with E-state index in [0.29, 0.717) is 22.1 Å². The molecule has 1 heterocycles. The molecule has 0 aliphatic heterocycles. The highest BCUT2D eigenvalue weighted by Gasteiger charge is 2.11. The van der Waals surface area contributed by atoms with Gasteiger partial charge < -0.3 is 9.47 Å². The van der Waals surface area contributed by atoms with E-state index in [9.17, 15) is 5.26 Å². The monoisotopic (exact) mass is 424 g/mol. The molecule has 0 radical (unpaired) electrons. The van der Waals surface area contributed by atoms with E-state index in [1.54, 1.807) is 26.4 Å². The lowest BCUT2D eigenvalue weighted by atomic mass is 10.0. The van der Waals surface area contributed by atoms with Crippen LogP contribution in [0.25, 0.3) is 34.0 Å². The lowest BCUT2D eigenvalue weighted by molar-refractivity contribution is 0.394. The topological polar surface area (TPSA) is 55.1 Å². The van der Waals surface area contributed by atoms with Gasteiger partial charge in [-0.05, 0) is 29.3 Å². The first kappa shape index (κ1) is 20.4. The van der Waals surface area contributed by atoms with E-state index in [-0.39, 0.29) is 0 Å². The van der Waals surface area contributed by atoms with Crippen LogP contribution in [-0.4, -0.2) is 19.2 Å². The van der Waals surface area contributed by atoms with Gasteiger partial charge in [-0.1, -0.05) is 54.6 Å². The minimum Gasteiger partial charge on any atom is -0.497 e. The number of hydrogen-bond donors (Lipinski definition) is 0. The van der Waals surface area contributed by atoms with Crippen molar-refractivity contribution in [3.63, 3.8) is 0 Å². The zero-order chi connectivity index (χ0) is 21.6. The third-order valence-electron chi connectivity index (χ3n) is 4.88. The lowest BCUT2D eigenvalue weighted by Crippen LogP contribution is -1.90. The number of benzene rings is 3.